The van der Waals surface area contributed by atoms with Gasteiger partial charge in [0.1, 0.15) is 0 Å². The second-order valence-corrected chi connectivity index (χ2v) is 4.39. The third-order valence-corrected chi connectivity index (χ3v) is 2.99. The molecule has 3 nitrogen and oxygen atoms in total. The van der Waals surface area contributed by atoms with E-state index in [9.17, 15) is 13.2 Å². The van der Waals surface area contributed by atoms with Gasteiger partial charge in [-0.05, 0) is 32.4 Å². The topological polar surface area (TPSA) is 29.9 Å². The fraction of sp³-hybridized carbons (Fsp3) is 0.750. The molecule has 1 rings (SSSR count). The van der Waals surface area contributed by atoms with Gasteiger partial charge in [0, 0.05) is 12.2 Å². The average Bonchev–Trinajstić information content (AvgIpc) is 2.78. The van der Waals surface area contributed by atoms with Gasteiger partial charge in [-0.2, -0.15) is 18.3 Å². The minimum Gasteiger partial charge on any atom is -0.312 e. The molecule has 0 aromatic carbocycles. The zero-order valence-corrected chi connectivity index (χ0v) is 11.0. The van der Waals surface area contributed by atoms with Crippen molar-refractivity contribution in [1.82, 2.24) is 15.1 Å². The van der Waals surface area contributed by atoms with Gasteiger partial charge in [0.05, 0.1) is 6.04 Å². The molecule has 0 aliphatic rings. The second kappa shape index (κ2) is 6.22. The number of hydrogen-bond donors (Lipinski definition) is 1. The first kappa shape index (κ1) is 15.0. The third-order valence-electron chi connectivity index (χ3n) is 2.99. The molecule has 1 aromatic rings. The lowest BCUT2D eigenvalue weighted by Crippen LogP contribution is -2.36. The Morgan fingerprint density at radius 3 is 2.50 bits per heavy atom. The zero-order valence-electron chi connectivity index (χ0n) is 11.0. The highest BCUT2D eigenvalue weighted by Crippen LogP contribution is 2.28. The summed E-state index contributed by atoms with van der Waals surface area (Å²) in [6.07, 6.45) is -1.13. The van der Waals surface area contributed by atoms with E-state index in [1.54, 1.807) is 0 Å². The Balaban J connectivity index is 2.76. The van der Waals surface area contributed by atoms with Crippen LogP contribution in [0.5, 0.6) is 0 Å². The van der Waals surface area contributed by atoms with Gasteiger partial charge in [0.25, 0.3) is 0 Å². The minimum absolute atomic E-state index is 0.0994. The highest BCUT2D eigenvalue weighted by Gasteiger charge is 2.34. The van der Waals surface area contributed by atoms with Gasteiger partial charge in [-0.25, -0.2) is 0 Å². The Labute approximate surface area is 105 Å². The Hall–Kier alpha value is -1.04. The monoisotopic (exact) mass is 263 g/mol. The number of halogens is 3. The predicted molar refractivity (Wildman–Crippen MR) is 64.3 cm³/mol. The summed E-state index contributed by atoms with van der Waals surface area (Å²) in [5.41, 5.74) is -0.834. The summed E-state index contributed by atoms with van der Waals surface area (Å²) >= 11 is 0. The van der Waals surface area contributed by atoms with Gasteiger partial charge >= 0.3 is 6.18 Å². The van der Waals surface area contributed by atoms with E-state index < -0.39 is 11.9 Å². The summed E-state index contributed by atoms with van der Waals surface area (Å²) < 4.78 is 38.8. The molecule has 0 saturated heterocycles. The van der Waals surface area contributed by atoms with Crippen LogP contribution >= 0.6 is 0 Å². The highest BCUT2D eigenvalue weighted by atomic mass is 19.4. The lowest BCUT2D eigenvalue weighted by atomic mass is 10.1. The van der Waals surface area contributed by atoms with Crippen LogP contribution in [0.3, 0.4) is 0 Å². The quantitative estimate of drug-likeness (QED) is 0.854. The van der Waals surface area contributed by atoms with Crippen molar-refractivity contribution < 1.29 is 13.2 Å². The van der Waals surface area contributed by atoms with Crippen molar-refractivity contribution in [3.05, 3.63) is 18.0 Å². The van der Waals surface area contributed by atoms with E-state index in [2.05, 4.69) is 17.3 Å². The maximum Gasteiger partial charge on any atom is 0.435 e. The van der Waals surface area contributed by atoms with Crippen LogP contribution in [0.15, 0.2) is 12.3 Å². The van der Waals surface area contributed by atoms with Gasteiger partial charge in [0.2, 0.25) is 0 Å². The molecule has 0 aliphatic carbocycles. The van der Waals surface area contributed by atoms with Crippen LogP contribution < -0.4 is 5.32 Å². The number of hydrogen-bond acceptors (Lipinski definition) is 2. The number of aromatic nitrogens is 2. The van der Waals surface area contributed by atoms with Crippen LogP contribution in [0.2, 0.25) is 0 Å². The van der Waals surface area contributed by atoms with Crippen LogP contribution in [0.1, 0.15) is 45.3 Å². The molecule has 18 heavy (non-hydrogen) atoms. The number of nitrogens with zero attached hydrogens (tertiary/aromatic N) is 2. The molecule has 0 radical (unpaired) electrons. The first-order chi connectivity index (χ1) is 8.40. The van der Waals surface area contributed by atoms with E-state index in [4.69, 9.17) is 0 Å². The molecule has 1 aromatic heterocycles. The minimum atomic E-state index is -4.37. The van der Waals surface area contributed by atoms with E-state index in [1.807, 2.05) is 13.8 Å². The van der Waals surface area contributed by atoms with Crippen molar-refractivity contribution >= 4 is 0 Å². The summed E-state index contributed by atoms with van der Waals surface area (Å²) in [6, 6.07) is 1.05. The summed E-state index contributed by atoms with van der Waals surface area (Å²) in [4.78, 5) is 0. The predicted octanol–water partition coefficient (Wildman–Crippen LogP) is 3.24. The molecule has 0 saturated carbocycles. The number of nitrogens with one attached hydrogen (secondary N) is 1. The third kappa shape index (κ3) is 3.73. The SMILES string of the molecule is CCCNC(CC)C(C)n1ccc(C(F)(F)F)n1. The molecule has 0 bridgehead atoms. The van der Waals surface area contributed by atoms with Crippen LogP contribution in [0, 0.1) is 0 Å². The zero-order chi connectivity index (χ0) is 13.8. The van der Waals surface area contributed by atoms with Crippen molar-refractivity contribution in [2.45, 2.75) is 51.9 Å². The second-order valence-electron chi connectivity index (χ2n) is 4.39. The van der Waals surface area contributed by atoms with Crippen LogP contribution in [-0.2, 0) is 6.18 Å². The van der Waals surface area contributed by atoms with Crippen LogP contribution in [0.25, 0.3) is 0 Å². The van der Waals surface area contributed by atoms with E-state index in [-0.39, 0.29) is 12.1 Å². The first-order valence-electron chi connectivity index (χ1n) is 6.25. The van der Waals surface area contributed by atoms with Crippen LogP contribution in [0.4, 0.5) is 13.2 Å². The Morgan fingerprint density at radius 1 is 1.39 bits per heavy atom. The molecule has 0 fully saturated rings. The molecule has 1 N–H and O–H groups in total. The molecule has 6 heteroatoms. The van der Waals surface area contributed by atoms with E-state index >= 15 is 0 Å². The smallest absolute Gasteiger partial charge is 0.312 e. The summed E-state index contributed by atoms with van der Waals surface area (Å²) in [5.74, 6) is 0. The Bertz CT molecular complexity index is 360. The molecule has 2 unspecified atom stereocenters. The maximum absolute atomic E-state index is 12.5. The van der Waals surface area contributed by atoms with Crippen molar-refractivity contribution in [2.75, 3.05) is 6.54 Å². The molecule has 104 valence electrons. The molecule has 2 atom stereocenters. The number of alkyl halides is 3. The summed E-state index contributed by atoms with van der Waals surface area (Å²) in [6.45, 7) is 6.80. The normalized spacial score (nSPS) is 15.7. The van der Waals surface area contributed by atoms with Gasteiger partial charge < -0.3 is 5.32 Å². The summed E-state index contributed by atoms with van der Waals surface area (Å²) in [7, 11) is 0. The fourth-order valence-corrected chi connectivity index (χ4v) is 1.89. The first-order valence-corrected chi connectivity index (χ1v) is 6.25. The maximum atomic E-state index is 12.5. The molecular weight excluding hydrogens is 243 g/mol. The molecule has 1 heterocycles. The van der Waals surface area contributed by atoms with Gasteiger partial charge in [-0.15, -0.1) is 0 Å². The van der Waals surface area contributed by atoms with Crippen molar-refractivity contribution in [2.24, 2.45) is 0 Å². The molecule has 0 aliphatic heterocycles. The fourth-order valence-electron chi connectivity index (χ4n) is 1.89. The van der Waals surface area contributed by atoms with Crippen molar-refractivity contribution in [3.8, 4) is 0 Å². The van der Waals surface area contributed by atoms with Crippen molar-refractivity contribution in [1.29, 1.82) is 0 Å². The summed E-state index contributed by atoms with van der Waals surface area (Å²) in [5, 5.41) is 6.93. The Morgan fingerprint density at radius 2 is 2.06 bits per heavy atom. The molecule has 0 spiro atoms. The standard InChI is InChI=1S/C12H20F3N3/c1-4-7-16-10(5-2)9(3)18-8-6-11(17-18)12(13,14)15/h6,8-10,16H,4-5,7H2,1-3H3. The van der Waals surface area contributed by atoms with E-state index in [0.29, 0.717) is 0 Å². The molecular formula is C12H20F3N3. The van der Waals surface area contributed by atoms with Gasteiger partial charge in [-0.1, -0.05) is 13.8 Å². The van der Waals surface area contributed by atoms with E-state index in [0.717, 1.165) is 25.5 Å². The van der Waals surface area contributed by atoms with E-state index in [1.165, 1.54) is 10.9 Å². The highest BCUT2D eigenvalue weighted by molar-refractivity contribution is 5.04. The van der Waals surface area contributed by atoms with Gasteiger partial charge in [0.15, 0.2) is 5.69 Å². The number of rotatable bonds is 6. The lowest BCUT2D eigenvalue weighted by Gasteiger charge is -2.24. The van der Waals surface area contributed by atoms with Crippen LogP contribution in [-0.4, -0.2) is 22.4 Å². The lowest BCUT2D eigenvalue weighted by molar-refractivity contribution is -0.141. The average molecular weight is 263 g/mol. The van der Waals surface area contributed by atoms with Crippen molar-refractivity contribution in [3.63, 3.8) is 0 Å². The molecule has 0 amide bonds. The van der Waals surface area contributed by atoms with Gasteiger partial charge in [-0.3, -0.25) is 4.68 Å². The largest absolute Gasteiger partial charge is 0.435 e. The Kier molecular flexibility index (Phi) is 5.19.